The monoisotopic (exact) mass is 329 g/mol. The van der Waals surface area contributed by atoms with Gasteiger partial charge in [-0.1, -0.05) is 32.0 Å². The van der Waals surface area contributed by atoms with E-state index in [9.17, 15) is 9.18 Å². The van der Waals surface area contributed by atoms with Gasteiger partial charge >= 0.3 is 6.09 Å². The fourth-order valence-corrected chi connectivity index (χ4v) is 3.47. The Balaban J connectivity index is 2.04. The lowest BCUT2D eigenvalue weighted by molar-refractivity contribution is 0.175. The van der Waals surface area contributed by atoms with Crippen LogP contribution in [0.5, 0.6) is 5.75 Å². The summed E-state index contributed by atoms with van der Waals surface area (Å²) in [5.74, 6) is 0.283. The van der Waals surface area contributed by atoms with Gasteiger partial charge in [-0.25, -0.2) is 9.18 Å². The molecule has 0 saturated carbocycles. The van der Waals surface area contributed by atoms with Crippen LogP contribution in [0.1, 0.15) is 31.0 Å². The molecule has 3 rings (SSSR count). The molecule has 1 aliphatic carbocycles. The standard InChI is InChI=1S/C19H20FNO3/c1-19(2)10-12-8-11(4-6-14(12)17(19)21-18(22)23)15-9-13(24-3)5-7-16(15)20/h4-9,17,21H,10H2,1-3H3,(H,22,23). The molecule has 1 amide bonds. The number of hydrogen-bond donors (Lipinski definition) is 2. The second kappa shape index (κ2) is 5.82. The minimum Gasteiger partial charge on any atom is -0.497 e. The number of halogens is 1. The van der Waals surface area contributed by atoms with E-state index in [1.165, 1.54) is 6.07 Å². The Kier molecular flexibility index (Phi) is 3.95. The van der Waals surface area contributed by atoms with Crippen LogP contribution in [0.25, 0.3) is 11.1 Å². The van der Waals surface area contributed by atoms with E-state index in [1.807, 2.05) is 32.0 Å². The van der Waals surface area contributed by atoms with Crippen LogP contribution >= 0.6 is 0 Å². The van der Waals surface area contributed by atoms with Gasteiger partial charge in [0.25, 0.3) is 0 Å². The normalized spacial score (nSPS) is 18.1. The molecule has 5 heteroatoms. The van der Waals surface area contributed by atoms with Crippen molar-refractivity contribution in [3.05, 3.63) is 53.3 Å². The van der Waals surface area contributed by atoms with E-state index in [1.54, 1.807) is 19.2 Å². The fourth-order valence-electron chi connectivity index (χ4n) is 3.47. The molecule has 24 heavy (non-hydrogen) atoms. The summed E-state index contributed by atoms with van der Waals surface area (Å²) in [5, 5.41) is 11.7. The molecule has 0 fully saturated rings. The number of nitrogens with one attached hydrogen (secondary N) is 1. The third-order valence-electron chi connectivity index (χ3n) is 4.63. The van der Waals surface area contributed by atoms with Crippen molar-refractivity contribution >= 4 is 6.09 Å². The zero-order valence-corrected chi connectivity index (χ0v) is 13.9. The maximum Gasteiger partial charge on any atom is 0.405 e. The molecule has 0 aliphatic heterocycles. The maximum absolute atomic E-state index is 14.2. The van der Waals surface area contributed by atoms with Crippen molar-refractivity contribution in [3.63, 3.8) is 0 Å². The molecule has 0 spiro atoms. The molecular formula is C19H20FNO3. The van der Waals surface area contributed by atoms with Gasteiger partial charge in [-0.05, 0) is 46.7 Å². The van der Waals surface area contributed by atoms with Crippen molar-refractivity contribution in [1.82, 2.24) is 5.32 Å². The van der Waals surface area contributed by atoms with Gasteiger partial charge in [0.05, 0.1) is 13.2 Å². The van der Waals surface area contributed by atoms with Crippen molar-refractivity contribution in [1.29, 1.82) is 0 Å². The highest BCUT2D eigenvalue weighted by atomic mass is 19.1. The summed E-state index contributed by atoms with van der Waals surface area (Å²) < 4.78 is 19.4. The molecule has 0 heterocycles. The van der Waals surface area contributed by atoms with Crippen LogP contribution in [0.3, 0.4) is 0 Å². The molecule has 2 aromatic rings. The first-order valence-corrected chi connectivity index (χ1v) is 7.78. The van der Waals surface area contributed by atoms with Crippen molar-refractivity contribution < 1.29 is 19.0 Å². The Bertz CT molecular complexity index is 801. The van der Waals surface area contributed by atoms with Gasteiger partial charge < -0.3 is 15.2 Å². The topological polar surface area (TPSA) is 58.6 Å². The number of hydrogen-bond acceptors (Lipinski definition) is 2. The van der Waals surface area contributed by atoms with Crippen LogP contribution in [0, 0.1) is 11.2 Å². The predicted octanol–water partition coefficient (Wildman–Crippen LogP) is 4.39. The van der Waals surface area contributed by atoms with E-state index in [4.69, 9.17) is 9.84 Å². The van der Waals surface area contributed by atoms with Crippen LogP contribution in [-0.4, -0.2) is 18.3 Å². The molecule has 1 atom stereocenters. The summed E-state index contributed by atoms with van der Waals surface area (Å²) in [7, 11) is 1.55. The van der Waals surface area contributed by atoms with E-state index >= 15 is 0 Å². The van der Waals surface area contributed by atoms with Crippen LogP contribution in [0.2, 0.25) is 0 Å². The van der Waals surface area contributed by atoms with Gasteiger partial charge in [0.1, 0.15) is 11.6 Å². The summed E-state index contributed by atoms with van der Waals surface area (Å²) in [6.07, 6.45) is -0.309. The average Bonchev–Trinajstić information content (AvgIpc) is 2.77. The average molecular weight is 329 g/mol. The maximum atomic E-state index is 14.2. The molecule has 1 unspecified atom stereocenters. The van der Waals surface area contributed by atoms with Gasteiger partial charge in [0.15, 0.2) is 0 Å². The minimum absolute atomic E-state index is 0.230. The number of methoxy groups -OCH3 is 1. The van der Waals surface area contributed by atoms with Gasteiger partial charge in [0, 0.05) is 5.56 Å². The highest BCUT2D eigenvalue weighted by Crippen LogP contribution is 2.46. The number of ether oxygens (including phenoxy) is 1. The SMILES string of the molecule is COc1ccc(F)c(-c2ccc3c(c2)CC(C)(C)C3NC(=O)O)c1. The Morgan fingerprint density at radius 1 is 1.29 bits per heavy atom. The highest BCUT2D eigenvalue weighted by Gasteiger charge is 2.40. The smallest absolute Gasteiger partial charge is 0.405 e. The van der Waals surface area contributed by atoms with Crippen molar-refractivity contribution in [2.45, 2.75) is 26.3 Å². The Labute approximate surface area is 140 Å². The van der Waals surface area contributed by atoms with Gasteiger partial charge in [0.2, 0.25) is 0 Å². The summed E-state index contributed by atoms with van der Waals surface area (Å²) in [4.78, 5) is 11.1. The number of amides is 1. The molecule has 2 aromatic carbocycles. The molecule has 1 aliphatic rings. The van der Waals surface area contributed by atoms with Crippen molar-refractivity contribution in [3.8, 4) is 16.9 Å². The molecule has 0 radical (unpaired) electrons. The van der Waals surface area contributed by atoms with E-state index in [-0.39, 0.29) is 17.3 Å². The van der Waals surface area contributed by atoms with Gasteiger partial charge in [-0.2, -0.15) is 0 Å². The quantitative estimate of drug-likeness (QED) is 0.878. The molecule has 0 aromatic heterocycles. The van der Waals surface area contributed by atoms with Gasteiger partial charge in [-0.15, -0.1) is 0 Å². The minimum atomic E-state index is -1.04. The predicted molar refractivity (Wildman–Crippen MR) is 89.8 cm³/mol. The number of fused-ring (bicyclic) bond motifs is 1. The highest BCUT2D eigenvalue weighted by molar-refractivity contribution is 5.69. The summed E-state index contributed by atoms with van der Waals surface area (Å²) in [6.45, 7) is 4.05. The van der Waals surface area contributed by atoms with E-state index in [2.05, 4.69) is 5.32 Å². The Hall–Kier alpha value is -2.56. The number of rotatable bonds is 3. The third-order valence-corrected chi connectivity index (χ3v) is 4.63. The second-order valence-electron chi connectivity index (χ2n) is 6.81. The van der Waals surface area contributed by atoms with Crippen LogP contribution in [0.15, 0.2) is 36.4 Å². The summed E-state index contributed by atoms with van der Waals surface area (Å²) in [6, 6.07) is 10.0. The zero-order valence-electron chi connectivity index (χ0n) is 13.9. The Morgan fingerprint density at radius 3 is 2.71 bits per heavy atom. The molecular weight excluding hydrogens is 309 g/mol. The lowest BCUT2D eigenvalue weighted by Crippen LogP contribution is -2.34. The first-order chi connectivity index (χ1) is 11.3. The first kappa shape index (κ1) is 16.3. The van der Waals surface area contributed by atoms with Crippen molar-refractivity contribution in [2.24, 2.45) is 5.41 Å². The fraction of sp³-hybridized carbons (Fsp3) is 0.316. The van der Waals surface area contributed by atoms with E-state index < -0.39 is 6.09 Å². The molecule has 126 valence electrons. The summed E-state index contributed by atoms with van der Waals surface area (Å²) >= 11 is 0. The van der Waals surface area contributed by atoms with Crippen LogP contribution < -0.4 is 10.1 Å². The number of benzene rings is 2. The van der Waals surface area contributed by atoms with Crippen molar-refractivity contribution in [2.75, 3.05) is 7.11 Å². The first-order valence-electron chi connectivity index (χ1n) is 7.78. The molecule has 0 saturated heterocycles. The van der Waals surface area contributed by atoms with Crippen LogP contribution in [-0.2, 0) is 6.42 Å². The lowest BCUT2D eigenvalue weighted by atomic mass is 9.85. The number of carbonyl (C=O) groups is 1. The largest absolute Gasteiger partial charge is 0.497 e. The van der Waals surface area contributed by atoms with Crippen LogP contribution in [0.4, 0.5) is 9.18 Å². The van der Waals surface area contributed by atoms with Gasteiger partial charge in [-0.3, -0.25) is 0 Å². The Morgan fingerprint density at radius 2 is 2.04 bits per heavy atom. The number of carboxylic acid groups (broad SMARTS) is 1. The zero-order chi connectivity index (χ0) is 17.5. The molecule has 0 bridgehead atoms. The third kappa shape index (κ3) is 2.82. The lowest BCUT2D eigenvalue weighted by Gasteiger charge is -2.27. The van der Waals surface area contributed by atoms with E-state index in [0.29, 0.717) is 11.3 Å². The molecule has 2 N–H and O–H groups in total. The summed E-state index contributed by atoms with van der Waals surface area (Å²) in [5.41, 5.74) is 3.00. The second-order valence-corrected chi connectivity index (χ2v) is 6.81. The van der Waals surface area contributed by atoms with E-state index in [0.717, 1.165) is 23.1 Å². The molecule has 4 nitrogen and oxygen atoms in total.